The van der Waals surface area contributed by atoms with Crippen LogP contribution in [0.3, 0.4) is 0 Å². The van der Waals surface area contributed by atoms with E-state index in [1.807, 2.05) is 0 Å². The standard InChI is InChI=1S/C15H22N4O/c1-15(2,3)13-11(5-4-8-20-13)10-19-14-12(9-16)17-6-7-18-14/h6-7,11,13H,4-5,8,10H2,1-3H3,(H,18,19). The summed E-state index contributed by atoms with van der Waals surface area (Å²) in [7, 11) is 0. The summed E-state index contributed by atoms with van der Waals surface area (Å²) in [6, 6.07) is 2.06. The Bertz CT molecular complexity index is 489. The van der Waals surface area contributed by atoms with Crippen molar-refractivity contribution < 1.29 is 4.74 Å². The second kappa shape index (κ2) is 6.19. The molecule has 2 rings (SSSR count). The largest absolute Gasteiger partial charge is 0.377 e. The van der Waals surface area contributed by atoms with Crippen LogP contribution in [0.5, 0.6) is 0 Å². The monoisotopic (exact) mass is 274 g/mol. The average molecular weight is 274 g/mol. The maximum atomic E-state index is 9.02. The van der Waals surface area contributed by atoms with E-state index in [2.05, 4.69) is 42.1 Å². The number of hydrogen-bond acceptors (Lipinski definition) is 5. The van der Waals surface area contributed by atoms with Gasteiger partial charge in [0.15, 0.2) is 11.5 Å². The molecule has 0 amide bonds. The second-order valence-electron chi connectivity index (χ2n) is 6.31. The first-order valence-electron chi connectivity index (χ1n) is 7.09. The summed E-state index contributed by atoms with van der Waals surface area (Å²) >= 11 is 0. The molecule has 1 aliphatic heterocycles. The maximum absolute atomic E-state index is 9.02. The number of ether oxygens (including phenoxy) is 1. The van der Waals surface area contributed by atoms with Crippen molar-refractivity contribution in [2.45, 2.75) is 39.7 Å². The van der Waals surface area contributed by atoms with Gasteiger partial charge < -0.3 is 10.1 Å². The van der Waals surface area contributed by atoms with E-state index in [1.54, 1.807) is 6.20 Å². The highest BCUT2D eigenvalue weighted by Gasteiger charge is 2.35. The summed E-state index contributed by atoms with van der Waals surface area (Å²) in [5.41, 5.74) is 0.462. The minimum Gasteiger partial charge on any atom is -0.377 e. The van der Waals surface area contributed by atoms with Crippen LogP contribution in [0.1, 0.15) is 39.3 Å². The fraction of sp³-hybridized carbons (Fsp3) is 0.667. The first-order chi connectivity index (χ1) is 9.52. The van der Waals surface area contributed by atoms with Gasteiger partial charge in [-0.3, -0.25) is 0 Å². The van der Waals surface area contributed by atoms with Crippen LogP contribution in [-0.2, 0) is 4.74 Å². The van der Waals surface area contributed by atoms with E-state index in [0.717, 1.165) is 26.0 Å². The van der Waals surface area contributed by atoms with E-state index >= 15 is 0 Å². The molecular formula is C15H22N4O. The van der Waals surface area contributed by atoms with Crippen LogP contribution in [0, 0.1) is 22.7 Å². The third-order valence-corrected chi connectivity index (χ3v) is 3.63. The molecule has 2 atom stereocenters. The van der Waals surface area contributed by atoms with Gasteiger partial charge in [0.25, 0.3) is 0 Å². The van der Waals surface area contributed by atoms with Crippen LogP contribution in [-0.4, -0.2) is 29.2 Å². The number of nitriles is 1. The Labute approximate surface area is 120 Å². The lowest BCUT2D eigenvalue weighted by Gasteiger charge is -2.40. The predicted octanol–water partition coefficient (Wildman–Crippen LogP) is 2.60. The van der Waals surface area contributed by atoms with Crippen molar-refractivity contribution in [1.29, 1.82) is 5.26 Å². The highest BCUT2D eigenvalue weighted by Crippen LogP contribution is 2.34. The fourth-order valence-corrected chi connectivity index (χ4v) is 2.79. The Morgan fingerprint density at radius 2 is 2.15 bits per heavy atom. The zero-order valence-electron chi connectivity index (χ0n) is 12.4. The summed E-state index contributed by atoms with van der Waals surface area (Å²) in [6.07, 6.45) is 5.58. The lowest BCUT2D eigenvalue weighted by atomic mass is 9.78. The number of nitrogens with zero attached hydrogens (tertiary/aromatic N) is 3. The van der Waals surface area contributed by atoms with Crippen LogP contribution in [0.15, 0.2) is 12.4 Å². The number of aromatic nitrogens is 2. The van der Waals surface area contributed by atoms with Crippen molar-refractivity contribution in [3.63, 3.8) is 0 Å². The molecule has 1 aromatic rings. The van der Waals surface area contributed by atoms with E-state index in [-0.39, 0.29) is 11.5 Å². The number of rotatable bonds is 3. The first kappa shape index (κ1) is 14.7. The molecule has 5 nitrogen and oxygen atoms in total. The van der Waals surface area contributed by atoms with Gasteiger partial charge in [-0.15, -0.1) is 0 Å². The molecule has 5 heteroatoms. The molecule has 0 bridgehead atoms. The molecule has 0 radical (unpaired) electrons. The predicted molar refractivity (Wildman–Crippen MR) is 77.2 cm³/mol. The molecule has 20 heavy (non-hydrogen) atoms. The Balaban J connectivity index is 2.03. The van der Waals surface area contributed by atoms with Crippen LogP contribution < -0.4 is 5.32 Å². The molecule has 1 aromatic heterocycles. The third-order valence-electron chi connectivity index (χ3n) is 3.63. The average Bonchev–Trinajstić information content (AvgIpc) is 2.44. The lowest BCUT2D eigenvalue weighted by molar-refractivity contribution is -0.0814. The molecule has 1 N–H and O–H groups in total. The summed E-state index contributed by atoms with van der Waals surface area (Å²) in [5.74, 6) is 0.991. The van der Waals surface area contributed by atoms with E-state index in [0.29, 0.717) is 17.4 Å². The summed E-state index contributed by atoms with van der Waals surface area (Å²) in [6.45, 7) is 8.22. The summed E-state index contributed by atoms with van der Waals surface area (Å²) in [5, 5.41) is 12.3. The molecule has 1 saturated heterocycles. The van der Waals surface area contributed by atoms with Gasteiger partial charge in [0.2, 0.25) is 0 Å². The van der Waals surface area contributed by atoms with Crippen molar-refractivity contribution in [2.75, 3.05) is 18.5 Å². The first-order valence-corrected chi connectivity index (χ1v) is 7.09. The molecule has 0 spiro atoms. The van der Waals surface area contributed by atoms with Gasteiger partial charge in [-0.2, -0.15) is 5.26 Å². The molecule has 2 unspecified atom stereocenters. The molecule has 1 aliphatic rings. The minimum atomic E-state index is 0.118. The Morgan fingerprint density at radius 3 is 2.85 bits per heavy atom. The number of hydrogen-bond donors (Lipinski definition) is 1. The van der Waals surface area contributed by atoms with Crippen molar-refractivity contribution in [1.82, 2.24) is 9.97 Å². The zero-order chi connectivity index (χ0) is 14.6. The van der Waals surface area contributed by atoms with E-state index in [4.69, 9.17) is 10.00 Å². The minimum absolute atomic E-state index is 0.118. The van der Waals surface area contributed by atoms with Crippen LogP contribution in [0.2, 0.25) is 0 Å². The third kappa shape index (κ3) is 3.45. The Morgan fingerprint density at radius 1 is 1.40 bits per heavy atom. The lowest BCUT2D eigenvalue weighted by Crippen LogP contribution is -2.42. The highest BCUT2D eigenvalue weighted by atomic mass is 16.5. The van der Waals surface area contributed by atoms with Crippen molar-refractivity contribution in [3.05, 3.63) is 18.1 Å². The van der Waals surface area contributed by atoms with Gasteiger partial charge >= 0.3 is 0 Å². The molecule has 0 aromatic carbocycles. The zero-order valence-corrected chi connectivity index (χ0v) is 12.4. The topological polar surface area (TPSA) is 70.8 Å². The van der Waals surface area contributed by atoms with Crippen molar-refractivity contribution >= 4 is 5.82 Å². The smallest absolute Gasteiger partial charge is 0.182 e. The summed E-state index contributed by atoms with van der Waals surface area (Å²) in [4.78, 5) is 8.20. The fourth-order valence-electron chi connectivity index (χ4n) is 2.79. The molecule has 1 fully saturated rings. The van der Waals surface area contributed by atoms with Crippen molar-refractivity contribution in [2.24, 2.45) is 11.3 Å². The molecular weight excluding hydrogens is 252 g/mol. The molecule has 2 heterocycles. The van der Waals surface area contributed by atoms with Crippen LogP contribution in [0.25, 0.3) is 0 Å². The summed E-state index contributed by atoms with van der Waals surface area (Å²) < 4.78 is 5.96. The van der Waals surface area contributed by atoms with Crippen LogP contribution >= 0.6 is 0 Å². The van der Waals surface area contributed by atoms with Gasteiger partial charge in [0.1, 0.15) is 6.07 Å². The van der Waals surface area contributed by atoms with Crippen molar-refractivity contribution in [3.8, 4) is 6.07 Å². The van der Waals surface area contributed by atoms with E-state index in [9.17, 15) is 0 Å². The number of anilines is 1. The molecule has 108 valence electrons. The van der Waals surface area contributed by atoms with Gasteiger partial charge in [-0.25, -0.2) is 9.97 Å². The van der Waals surface area contributed by atoms with Gasteiger partial charge in [-0.05, 0) is 18.3 Å². The van der Waals surface area contributed by atoms with E-state index in [1.165, 1.54) is 6.20 Å². The normalized spacial score (nSPS) is 23.1. The highest BCUT2D eigenvalue weighted by molar-refractivity contribution is 5.46. The maximum Gasteiger partial charge on any atom is 0.182 e. The van der Waals surface area contributed by atoms with Crippen LogP contribution in [0.4, 0.5) is 5.82 Å². The van der Waals surface area contributed by atoms with Gasteiger partial charge in [-0.1, -0.05) is 20.8 Å². The quantitative estimate of drug-likeness (QED) is 0.917. The molecule has 0 saturated carbocycles. The Hall–Kier alpha value is -1.67. The molecule has 0 aliphatic carbocycles. The Kier molecular flexibility index (Phi) is 4.56. The second-order valence-corrected chi connectivity index (χ2v) is 6.31. The van der Waals surface area contributed by atoms with E-state index < -0.39 is 0 Å². The van der Waals surface area contributed by atoms with Gasteiger partial charge in [0, 0.05) is 31.5 Å². The van der Waals surface area contributed by atoms with Gasteiger partial charge in [0.05, 0.1) is 6.10 Å². The SMILES string of the molecule is CC(C)(C)C1OCCCC1CNc1nccnc1C#N. The number of nitrogens with one attached hydrogen (secondary N) is 1.